The van der Waals surface area contributed by atoms with Crippen molar-refractivity contribution in [1.29, 1.82) is 0 Å². The molecule has 0 aliphatic carbocycles. The normalized spacial score (nSPS) is 9.77. The van der Waals surface area contributed by atoms with Crippen LogP contribution in [0.3, 0.4) is 0 Å². The van der Waals surface area contributed by atoms with Crippen LogP contribution < -0.4 is 4.74 Å². The standard InChI is InChI=1S/C11H13BrO/c1-4-5-13-11-8(2)6-10(12)7-9(11)3/h4,6-7H,1,5H2,2-3H3. The van der Waals surface area contributed by atoms with Gasteiger partial charge in [-0.15, -0.1) is 0 Å². The molecule has 0 radical (unpaired) electrons. The second-order valence-electron chi connectivity index (χ2n) is 2.97. The molecule has 0 aliphatic rings. The summed E-state index contributed by atoms with van der Waals surface area (Å²) in [4.78, 5) is 0. The third-order valence-corrected chi connectivity index (χ3v) is 2.23. The minimum atomic E-state index is 0.559. The molecule has 0 amide bonds. The van der Waals surface area contributed by atoms with Gasteiger partial charge in [0.25, 0.3) is 0 Å². The van der Waals surface area contributed by atoms with Gasteiger partial charge in [-0.05, 0) is 37.1 Å². The monoisotopic (exact) mass is 240 g/mol. The number of aryl methyl sites for hydroxylation is 2. The molecule has 0 atom stereocenters. The second-order valence-corrected chi connectivity index (χ2v) is 3.88. The van der Waals surface area contributed by atoms with Gasteiger partial charge in [-0.3, -0.25) is 0 Å². The summed E-state index contributed by atoms with van der Waals surface area (Å²) in [5.74, 6) is 0.961. The van der Waals surface area contributed by atoms with E-state index >= 15 is 0 Å². The fourth-order valence-electron chi connectivity index (χ4n) is 1.27. The number of rotatable bonds is 3. The molecule has 0 saturated carbocycles. The van der Waals surface area contributed by atoms with Gasteiger partial charge in [0.05, 0.1) is 0 Å². The lowest BCUT2D eigenvalue weighted by molar-refractivity contribution is 0.358. The Kier molecular flexibility index (Phi) is 3.55. The van der Waals surface area contributed by atoms with Crippen LogP contribution in [0.15, 0.2) is 29.3 Å². The molecule has 0 bridgehead atoms. The van der Waals surface area contributed by atoms with Crippen LogP contribution in [0.25, 0.3) is 0 Å². The molecule has 1 nitrogen and oxygen atoms in total. The summed E-state index contributed by atoms with van der Waals surface area (Å²) in [6.07, 6.45) is 1.75. The summed E-state index contributed by atoms with van der Waals surface area (Å²) < 4.78 is 6.62. The molecule has 0 fully saturated rings. The van der Waals surface area contributed by atoms with Crippen LogP contribution in [-0.4, -0.2) is 6.61 Å². The lowest BCUT2D eigenvalue weighted by Crippen LogP contribution is -1.97. The Bertz CT molecular complexity index is 295. The van der Waals surface area contributed by atoms with Crippen LogP contribution in [0.5, 0.6) is 5.75 Å². The Morgan fingerprint density at radius 3 is 2.38 bits per heavy atom. The zero-order valence-electron chi connectivity index (χ0n) is 7.93. The molecule has 0 aromatic heterocycles. The van der Waals surface area contributed by atoms with Gasteiger partial charge in [-0.2, -0.15) is 0 Å². The van der Waals surface area contributed by atoms with E-state index in [-0.39, 0.29) is 0 Å². The minimum absolute atomic E-state index is 0.559. The molecule has 0 saturated heterocycles. The Morgan fingerprint density at radius 2 is 1.92 bits per heavy atom. The number of hydrogen-bond donors (Lipinski definition) is 0. The highest BCUT2D eigenvalue weighted by Gasteiger charge is 2.03. The van der Waals surface area contributed by atoms with Crippen LogP contribution in [0.1, 0.15) is 11.1 Å². The van der Waals surface area contributed by atoms with Gasteiger partial charge in [0.15, 0.2) is 0 Å². The van der Waals surface area contributed by atoms with Gasteiger partial charge < -0.3 is 4.74 Å². The van der Waals surface area contributed by atoms with Crippen molar-refractivity contribution in [2.45, 2.75) is 13.8 Å². The summed E-state index contributed by atoms with van der Waals surface area (Å²) in [5, 5.41) is 0. The lowest BCUT2D eigenvalue weighted by atomic mass is 10.1. The first-order valence-electron chi connectivity index (χ1n) is 4.15. The van der Waals surface area contributed by atoms with E-state index in [0.29, 0.717) is 6.61 Å². The van der Waals surface area contributed by atoms with Crippen LogP contribution in [0.4, 0.5) is 0 Å². The Hall–Kier alpha value is -0.760. The molecule has 2 heteroatoms. The van der Waals surface area contributed by atoms with Gasteiger partial charge in [0, 0.05) is 4.47 Å². The number of ether oxygens (including phenoxy) is 1. The van der Waals surface area contributed by atoms with Crippen molar-refractivity contribution in [3.8, 4) is 5.75 Å². The maximum absolute atomic E-state index is 5.53. The Balaban J connectivity index is 2.98. The highest BCUT2D eigenvalue weighted by molar-refractivity contribution is 9.10. The van der Waals surface area contributed by atoms with Crippen LogP contribution >= 0.6 is 15.9 Å². The van der Waals surface area contributed by atoms with Crippen LogP contribution in [-0.2, 0) is 0 Å². The summed E-state index contributed by atoms with van der Waals surface area (Å²) in [6, 6.07) is 4.09. The van der Waals surface area contributed by atoms with Gasteiger partial charge in [-0.1, -0.05) is 28.6 Å². The van der Waals surface area contributed by atoms with Crippen molar-refractivity contribution in [3.05, 3.63) is 40.4 Å². The van der Waals surface area contributed by atoms with E-state index < -0.39 is 0 Å². The maximum Gasteiger partial charge on any atom is 0.125 e. The van der Waals surface area contributed by atoms with Crippen molar-refractivity contribution in [1.82, 2.24) is 0 Å². The molecule has 70 valence electrons. The fraction of sp³-hybridized carbons (Fsp3) is 0.273. The van der Waals surface area contributed by atoms with Crippen molar-refractivity contribution in [2.24, 2.45) is 0 Å². The summed E-state index contributed by atoms with van der Waals surface area (Å²) in [7, 11) is 0. The van der Waals surface area contributed by atoms with E-state index in [1.165, 1.54) is 0 Å². The zero-order chi connectivity index (χ0) is 9.84. The smallest absolute Gasteiger partial charge is 0.125 e. The third-order valence-electron chi connectivity index (χ3n) is 1.77. The van der Waals surface area contributed by atoms with Crippen LogP contribution in [0, 0.1) is 13.8 Å². The van der Waals surface area contributed by atoms with E-state index in [4.69, 9.17) is 4.74 Å². The SMILES string of the molecule is C=CCOc1c(C)cc(Br)cc1C. The molecule has 0 heterocycles. The van der Waals surface area contributed by atoms with Crippen LogP contribution in [0.2, 0.25) is 0 Å². The summed E-state index contributed by atoms with van der Waals surface area (Å²) in [6.45, 7) is 8.25. The van der Waals surface area contributed by atoms with Crippen molar-refractivity contribution in [2.75, 3.05) is 6.61 Å². The van der Waals surface area contributed by atoms with E-state index in [0.717, 1.165) is 21.3 Å². The van der Waals surface area contributed by atoms with Crippen molar-refractivity contribution in [3.63, 3.8) is 0 Å². The average molecular weight is 241 g/mol. The second kappa shape index (κ2) is 4.47. The van der Waals surface area contributed by atoms with E-state index in [1.807, 2.05) is 26.0 Å². The van der Waals surface area contributed by atoms with Gasteiger partial charge in [0.2, 0.25) is 0 Å². The molecule has 13 heavy (non-hydrogen) atoms. The molecule has 1 aromatic rings. The molecular formula is C11H13BrO. The highest BCUT2D eigenvalue weighted by Crippen LogP contribution is 2.27. The molecule has 0 unspecified atom stereocenters. The number of benzene rings is 1. The zero-order valence-corrected chi connectivity index (χ0v) is 9.52. The molecule has 0 aliphatic heterocycles. The van der Waals surface area contributed by atoms with Crippen molar-refractivity contribution < 1.29 is 4.74 Å². The van der Waals surface area contributed by atoms with Gasteiger partial charge in [0.1, 0.15) is 12.4 Å². The highest BCUT2D eigenvalue weighted by atomic mass is 79.9. The largest absolute Gasteiger partial charge is 0.489 e. The predicted octanol–water partition coefficient (Wildman–Crippen LogP) is 3.63. The lowest BCUT2D eigenvalue weighted by Gasteiger charge is -2.10. The summed E-state index contributed by atoms with van der Waals surface area (Å²) >= 11 is 3.44. The molecular weight excluding hydrogens is 228 g/mol. The van der Waals surface area contributed by atoms with Gasteiger partial charge >= 0.3 is 0 Å². The molecule has 0 spiro atoms. The first-order valence-corrected chi connectivity index (χ1v) is 4.95. The Labute approximate surface area is 87.5 Å². The minimum Gasteiger partial charge on any atom is -0.489 e. The topological polar surface area (TPSA) is 9.23 Å². The molecule has 1 aromatic carbocycles. The first kappa shape index (κ1) is 10.3. The van der Waals surface area contributed by atoms with E-state index in [2.05, 4.69) is 22.5 Å². The maximum atomic E-state index is 5.53. The molecule has 0 N–H and O–H groups in total. The quantitative estimate of drug-likeness (QED) is 0.734. The predicted molar refractivity (Wildman–Crippen MR) is 59.3 cm³/mol. The fourth-order valence-corrected chi connectivity index (χ4v) is 1.95. The first-order chi connectivity index (χ1) is 6.15. The van der Waals surface area contributed by atoms with Gasteiger partial charge in [-0.25, -0.2) is 0 Å². The van der Waals surface area contributed by atoms with Crippen molar-refractivity contribution >= 4 is 15.9 Å². The Morgan fingerprint density at radius 1 is 1.38 bits per heavy atom. The van der Waals surface area contributed by atoms with E-state index in [9.17, 15) is 0 Å². The third kappa shape index (κ3) is 2.59. The molecule has 1 rings (SSSR count). The number of halogens is 1. The number of hydrogen-bond acceptors (Lipinski definition) is 1. The average Bonchev–Trinajstić information content (AvgIpc) is 2.02. The summed E-state index contributed by atoms with van der Waals surface area (Å²) in [5.41, 5.74) is 2.29. The van der Waals surface area contributed by atoms with E-state index in [1.54, 1.807) is 6.08 Å².